The Labute approximate surface area is 166 Å². The zero-order valence-electron chi connectivity index (χ0n) is 16.8. The summed E-state index contributed by atoms with van der Waals surface area (Å²) in [5.74, 6) is 0.979. The van der Waals surface area contributed by atoms with E-state index in [4.69, 9.17) is 4.42 Å². The van der Waals surface area contributed by atoms with Crippen LogP contribution < -0.4 is 4.90 Å². The molecule has 28 heavy (non-hydrogen) atoms. The maximum atomic E-state index is 12.8. The van der Waals surface area contributed by atoms with E-state index in [0.29, 0.717) is 17.8 Å². The molecule has 0 radical (unpaired) electrons. The van der Waals surface area contributed by atoms with Gasteiger partial charge in [-0.05, 0) is 38.4 Å². The van der Waals surface area contributed by atoms with Gasteiger partial charge in [-0.3, -0.25) is 4.79 Å². The molecule has 7 heteroatoms. The van der Waals surface area contributed by atoms with Gasteiger partial charge in [0.05, 0.1) is 0 Å². The standard InChI is InChI=1S/C21H29N5O2/c1-3-24-12-14-25(15-13-24)20(27)18-8-10-26(11-9-18)21-23-22-19(28-21)17-6-4-16(2)5-7-17/h4-7,18H,3,8-15H2,1-2H3. The highest BCUT2D eigenvalue weighted by Crippen LogP contribution is 2.27. The molecule has 1 amide bonds. The van der Waals surface area contributed by atoms with Crippen molar-refractivity contribution in [2.24, 2.45) is 5.92 Å². The minimum atomic E-state index is 0.115. The average molecular weight is 383 g/mol. The van der Waals surface area contributed by atoms with Gasteiger partial charge in [0.15, 0.2) is 0 Å². The van der Waals surface area contributed by atoms with Crippen LogP contribution in [0.25, 0.3) is 11.5 Å². The Kier molecular flexibility index (Phi) is 5.62. The molecular formula is C21H29N5O2. The van der Waals surface area contributed by atoms with Crippen LogP contribution in [0.2, 0.25) is 0 Å². The van der Waals surface area contributed by atoms with Crippen molar-refractivity contribution in [3.63, 3.8) is 0 Å². The molecule has 2 aliphatic heterocycles. The van der Waals surface area contributed by atoms with Crippen LogP contribution >= 0.6 is 0 Å². The highest BCUT2D eigenvalue weighted by Gasteiger charge is 2.31. The third kappa shape index (κ3) is 4.04. The monoisotopic (exact) mass is 383 g/mol. The molecule has 4 rings (SSSR count). The molecule has 0 atom stereocenters. The first-order chi connectivity index (χ1) is 13.6. The summed E-state index contributed by atoms with van der Waals surface area (Å²) >= 11 is 0. The molecule has 0 aliphatic carbocycles. The number of aromatic nitrogens is 2. The first-order valence-corrected chi connectivity index (χ1v) is 10.3. The van der Waals surface area contributed by atoms with Crippen LogP contribution in [0.1, 0.15) is 25.3 Å². The number of benzene rings is 1. The molecule has 7 nitrogen and oxygen atoms in total. The third-order valence-electron chi connectivity index (χ3n) is 5.96. The fourth-order valence-electron chi connectivity index (χ4n) is 4.02. The predicted octanol–water partition coefficient (Wildman–Crippen LogP) is 2.43. The van der Waals surface area contributed by atoms with E-state index in [9.17, 15) is 4.79 Å². The van der Waals surface area contributed by atoms with Crippen molar-refractivity contribution in [1.82, 2.24) is 20.0 Å². The van der Waals surface area contributed by atoms with E-state index in [0.717, 1.165) is 64.2 Å². The van der Waals surface area contributed by atoms with E-state index >= 15 is 0 Å². The fraction of sp³-hybridized carbons (Fsp3) is 0.571. The van der Waals surface area contributed by atoms with Crippen molar-refractivity contribution in [3.05, 3.63) is 29.8 Å². The lowest BCUT2D eigenvalue weighted by Crippen LogP contribution is -2.51. The van der Waals surface area contributed by atoms with Gasteiger partial charge in [0.25, 0.3) is 0 Å². The van der Waals surface area contributed by atoms with Crippen LogP contribution in [0.4, 0.5) is 6.01 Å². The molecular weight excluding hydrogens is 354 g/mol. The molecule has 0 saturated carbocycles. The Morgan fingerprint density at radius 1 is 1.04 bits per heavy atom. The van der Waals surface area contributed by atoms with Gasteiger partial charge in [0.1, 0.15) is 0 Å². The van der Waals surface area contributed by atoms with Gasteiger partial charge in [0, 0.05) is 50.7 Å². The minimum absolute atomic E-state index is 0.115. The zero-order chi connectivity index (χ0) is 19.5. The molecule has 2 fully saturated rings. The van der Waals surface area contributed by atoms with Gasteiger partial charge in [-0.25, -0.2) is 0 Å². The number of carbonyl (C=O) groups is 1. The number of carbonyl (C=O) groups excluding carboxylic acids is 1. The molecule has 0 spiro atoms. The highest BCUT2D eigenvalue weighted by atomic mass is 16.4. The number of hydrogen-bond acceptors (Lipinski definition) is 6. The van der Waals surface area contributed by atoms with Gasteiger partial charge >= 0.3 is 6.01 Å². The maximum Gasteiger partial charge on any atom is 0.318 e. The van der Waals surface area contributed by atoms with Crippen molar-refractivity contribution in [2.75, 3.05) is 50.7 Å². The summed E-state index contributed by atoms with van der Waals surface area (Å²) in [6, 6.07) is 8.62. The Hall–Kier alpha value is -2.41. The Morgan fingerprint density at radius 3 is 2.36 bits per heavy atom. The number of likely N-dealkylation sites (N-methyl/N-ethyl adjacent to an activating group) is 1. The molecule has 1 aromatic carbocycles. The summed E-state index contributed by atoms with van der Waals surface area (Å²) in [5.41, 5.74) is 2.13. The number of nitrogens with zero attached hydrogens (tertiary/aromatic N) is 5. The second kappa shape index (κ2) is 8.31. The molecule has 0 N–H and O–H groups in total. The smallest absolute Gasteiger partial charge is 0.318 e. The summed E-state index contributed by atoms with van der Waals surface area (Å²) in [4.78, 5) is 19.4. The molecule has 0 bridgehead atoms. The molecule has 3 heterocycles. The molecule has 0 unspecified atom stereocenters. The second-order valence-electron chi connectivity index (χ2n) is 7.78. The van der Waals surface area contributed by atoms with Crippen LogP contribution in [-0.2, 0) is 4.79 Å². The third-order valence-corrected chi connectivity index (χ3v) is 5.96. The van der Waals surface area contributed by atoms with Crippen molar-refractivity contribution in [2.45, 2.75) is 26.7 Å². The van der Waals surface area contributed by atoms with Gasteiger partial charge in [-0.1, -0.05) is 29.7 Å². The first kappa shape index (κ1) is 18.9. The maximum absolute atomic E-state index is 12.8. The van der Waals surface area contributed by atoms with Crippen molar-refractivity contribution in [3.8, 4) is 11.5 Å². The largest absolute Gasteiger partial charge is 0.403 e. The fourth-order valence-corrected chi connectivity index (χ4v) is 4.02. The van der Waals surface area contributed by atoms with Crippen LogP contribution in [-0.4, -0.2) is 71.7 Å². The number of anilines is 1. The number of rotatable bonds is 4. The van der Waals surface area contributed by atoms with Gasteiger partial charge < -0.3 is 19.1 Å². The lowest BCUT2D eigenvalue weighted by molar-refractivity contribution is -0.138. The van der Waals surface area contributed by atoms with Crippen molar-refractivity contribution < 1.29 is 9.21 Å². The van der Waals surface area contributed by atoms with Gasteiger partial charge in [-0.2, -0.15) is 0 Å². The average Bonchev–Trinajstić information content (AvgIpc) is 3.24. The number of piperidine rings is 1. The van der Waals surface area contributed by atoms with Crippen LogP contribution in [0, 0.1) is 12.8 Å². The Bertz CT molecular complexity index is 787. The second-order valence-corrected chi connectivity index (χ2v) is 7.78. The SMILES string of the molecule is CCN1CCN(C(=O)C2CCN(c3nnc(-c4ccc(C)cc4)o3)CC2)CC1. The van der Waals surface area contributed by atoms with E-state index in [1.165, 1.54) is 5.56 Å². The van der Waals surface area contributed by atoms with Crippen LogP contribution in [0.5, 0.6) is 0 Å². The quantitative estimate of drug-likeness (QED) is 0.808. The summed E-state index contributed by atoms with van der Waals surface area (Å²) < 4.78 is 5.89. The van der Waals surface area contributed by atoms with E-state index in [1.54, 1.807) is 0 Å². The predicted molar refractivity (Wildman–Crippen MR) is 108 cm³/mol. The van der Waals surface area contributed by atoms with Crippen LogP contribution in [0.15, 0.2) is 28.7 Å². The lowest BCUT2D eigenvalue weighted by atomic mass is 9.95. The molecule has 2 aromatic rings. The van der Waals surface area contributed by atoms with E-state index in [1.807, 2.05) is 24.3 Å². The first-order valence-electron chi connectivity index (χ1n) is 10.3. The number of hydrogen-bond donors (Lipinski definition) is 0. The minimum Gasteiger partial charge on any atom is -0.403 e. The highest BCUT2D eigenvalue weighted by molar-refractivity contribution is 5.79. The summed E-state index contributed by atoms with van der Waals surface area (Å²) in [5, 5.41) is 8.42. The lowest BCUT2D eigenvalue weighted by Gasteiger charge is -2.38. The number of amides is 1. The topological polar surface area (TPSA) is 65.7 Å². The van der Waals surface area contributed by atoms with Crippen LogP contribution in [0.3, 0.4) is 0 Å². The molecule has 2 aliphatic rings. The molecule has 2 saturated heterocycles. The van der Waals surface area contributed by atoms with Crippen molar-refractivity contribution in [1.29, 1.82) is 0 Å². The number of aryl methyl sites for hydroxylation is 1. The Morgan fingerprint density at radius 2 is 1.71 bits per heavy atom. The van der Waals surface area contributed by atoms with E-state index in [-0.39, 0.29) is 5.92 Å². The van der Waals surface area contributed by atoms with Crippen molar-refractivity contribution >= 4 is 11.9 Å². The van der Waals surface area contributed by atoms with Gasteiger partial charge in [0.2, 0.25) is 11.8 Å². The Balaban J connectivity index is 1.32. The zero-order valence-corrected chi connectivity index (χ0v) is 16.8. The van der Waals surface area contributed by atoms with Gasteiger partial charge in [-0.15, -0.1) is 5.10 Å². The van der Waals surface area contributed by atoms with E-state index in [2.05, 4.69) is 38.7 Å². The van der Waals surface area contributed by atoms with E-state index < -0.39 is 0 Å². The molecule has 1 aromatic heterocycles. The summed E-state index contributed by atoms with van der Waals surface area (Å²) in [6.45, 7) is 10.5. The summed E-state index contributed by atoms with van der Waals surface area (Å²) in [6.07, 6.45) is 1.68. The molecule has 150 valence electrons. The summed E-state index contributed by atoms with van der Waals surface area (Å²) in [7, 11) is 0. The number of piperazine rings is 1. The normalized spacial score (nSPS) is 19.2.